The van der Waals surface area contributed by atoms with Crippen LogP contribution in [0.1, 0.15) is 11.1 Å². The number of rotatable bonds is 4. The number of hydrogen-bond acceptors (Lipinski definition) is 5. The summed E-state index contributed by atoms with van der Waals surface area (Å²) in [5.41, 5.74) is 2.80. The van der Waals surface area contributed by atoms with Crippen LogP contribution in [-0.2, 0) is 6.54 Å². The van der Waals surface area contributed by atoms with Crippen LogP contribution in [0.25, 0.3) is 5.82 Å². The molecule has 9 heteroatoms. The van der Waals surface area contributed by atoms with Crippen LogP contribution in [0.5, 0.6) is 0 Å². The number of hydrogen-bond donors (Lipinski definition) is 1. The Morgan fingerprint density at radius 1 is 1.14 bits per heavy atom. The van der Waals surface area contributed by atoms with Gasteiger partial charge in [-0.05, 0) is 30.2 Å². The molecule has 2 amide bonds. The Kier molecular flexibility index (Phi) is 5.37. The molecule has 1 N–H and O–H groups in total. The van der Waals surface area contributed by atoms with E-state index >= 15 is 0 Å². The first-order valence-corrected chi connectivity index (χ1v) is 9.44. The van der Waals surface area contributed by atoms with Crippen molar-refractivity contribution in [3.05, 3.63) is 66.1 Å². The molecule has 2 aromatic heterocycles. The van der Waals surface area contributed by atoms with Gasteiger partial charge in [0.15, 0.2) is 5.82 Å². The number of urea groups is 1. The Balaban J connectivity index is 1.36. The fourth-order valence-electron chi connectivity index (χ4n) is 3.29. The molecule has 1 fully saturated rings. The quantitative estimate of drug-likeness (QED) is 0.732. The molecule has 0 spiro atoms. The van der Waals surface area contributed by atoms with E-state index in [1.54, 1.807) is 34.1 Å². The molecule has 4 rings (SSSR count). The number of nitrogens with zero attached hydrogens (tertiary/aromatic N) is 6. The lowest BCUT2D eigenvalue weighted by atomic mass is 10.2. The van der Waals surface area contributed by atoms with Gasteiger partial charge in [-0.2, -0.15) is 5.10 Å². The molecule has 1 aromatic carbocycles. The zero-order chi connectivity index (χ0) is 20.2. The van der Waals surface area contributed by atoms with Gasteiger partial charge in [0, 0.05) is 38.9 Å². The van der Waals surface area contributed by atoms with Gasteiger partial charge in [-0.15, -0.1) is 0 Å². The highest BCUT2D eigenvalue weighted by Crippen LogP contribution is 2.22. The van der Waals surface area contributed by atoms with Crippen molar-refractivity contribution >= 4 is 11.7 Å². The summed E-state index contributed by atoms with van der Waals surface area (Å²) in [6, 6.07) is 5.99. The highest BCUT2D eigenvalue weighted by Gasteiger charge is 2.23. The number of benzene rings is 1. The normalized spacial score (nSPS) is 14.1. The fourth-order valence-corrected chi connectivity index (χ4v) is 3.29. The first-order chi connectivity index (χ1) is 14.1. The summed E-state index contributed by atoms with van der Waals surface area (Å²) in [5.74, 6) is 0.438. The number of aromatic nitrogens is 4. The highest BCUT2D eigenvalue weighted by molar-refractivity contribution is 5.74. The lowest BCUT2D eigenvalue weighted by Crippen LogP contribution is -2.52. The van der Waals surface area contributed by atoms with Crippen molar-refractivity contribution in [3.63, 3.8) is 0 Å². The Morgan fingerprint density at radius 3 is 2.59 bits per heavy atom. The third-order valence-corrected chi connectivity index (χ3v) is 4.87. The molecule has 1 aliphatic rings. The Bertz CT molecular complexity index is 981. The van der Waals surface area contributed by atoms with Gasteiger partial charge in [0.2, 0.25) is 0 Å². The van der Waals surface area contributed by atoms with Crippen LogP contribution < -0.4 is 10.2 Å². The fraction of sp³-hybridized carbons (Fsp3) is 0.300. The van der Waals surface area contributed by atoms with Crippen LogP contribution in [0.3, 0.4) is 0 Å². The average molecular weight is 395 g/mol. The van der Waals surface area contributed by atoms with Gasteiger partial charge in [0.05, 0.1) is 12.4 Å². The molecule has 8 nitrogen and oxygen atoms in total. The third-order valence-electron chi connectivity index (χ3n) is 4.87. The molecule has 1 aliphatic heterocycles. The number of halogens is 1. The summed E-state index contributed by atoms with van der Waals surface area (Å²) in [5, 5.41) is 7.23. The Morgan fingerprint density at radius 2 is 1.90 bits per heavy atom. The van der Waals surface area contributed by atoms with E-state index in [9.17, 15) is 9.18 Å². The molecular weight excluding hydrogens is 373 g/mol. The lowest BCUT2D eigenvalue weighted by molar-refractivity contribution is 0.194. The maximum absolute atomic E-state index is 13.0. The second kappa shape index (κ2) is 8.26. The van der Waals surface area contributed by atoms with Crippen molar-refractivity contribution in [1.29, 1.82) is 0 Å². The standard InChI is InChI=1S/C20H22FN7O/c1-15-10-25-28(13-15)19-18(12-22-14-24-19)26-6-8-27(9-7-26)20(29)23-11-16-2-4-17(21)5-3-16/h2-5,10,12-14H,6-9,11H2,1H3,(H,23,29). The van der Waals surface area contributed by atoms with Gasteiger partial charge in [-0.3, -0.25) is 0 Å². The maximum Gasteiger partial charge on any atom is 0.317 e. The van der Waals surface area contributed by atoms with E-state index in [2.05, 4.69) is 25.3 Å². The molecule has 1 saturated heterocycles. The van der Waals surface area contributed by atoms with Crippen molar-refractivity contribution in [1.82, 2.24) is 30.0 Å². The Labute approximate surface area is 168 Å². The molecule has 0 unspecified atom stereocenters. The summed E-state index contributed by atoms with van der Waals surface area (Å²) in [4.78, 5) is 24.9. The van der Waals surface area contributed by atoms with Crippen molar-refractivity contribution in [2.75, 3.05) is 31.1 Å². The van der Waals surface area contributed by atoms with Crippen molar-refractivity contribution in [2.45, 2.75) is 13.5 Å². The topological polar surface area (TPSA) is 79.2 Å². The summed E-state index contributed by atoms with van der Waals surface area (Å²) in [6.45, 7) is 4.86. The lowest BCUT2D eigenvalue weighted by Gasteiger charge is -2.36. The van der Waals surface area contributed by atoms with Crippen LogP contribution in [0, 0.1) is 12.7 Å². The number of aryl methyl sites for hydroxylation is 1. The molecule has 0 radical (unpaired) electrons. The van der Waals surface area contributed by atoms with Crippen molar-refractivity contribution in [3.8, 4) is 5.82 Å². The largest absolute Gasteiger partial charge is 0.364 e. The van der Waals surface area contributed by atoms with Crippen LogP contribution in [-0.4, -0.2) is 56.9 Å². The summed E-state index contributed by atoms with van der Waals surface area (Å²) >= 11 is 0. The second-order valence-electron chi connectivity index (χ2n) is 6.95. The van der Waals surface area contributed by atoms with Gasteiger partial charge in [-0.1, -0.05) is 12.1 Å². The summed E-state index contributed by atoms with van der Waals surface area (Å²) < 4.78 is 14.7. The maximum atomic E-state index is 13.0. The van der Waals surface area contributed by atoms with Crippen LogP contribution in [0.2, 0.25) is 0 Å². The number of carbonyl (C=O) groups excluding carboxylic acids is 1. The van der Waals surface area contributed by atoms with E-state index in [4.69, 9.17) is 0 Å². The number of piperazine rings is 1. The smallest absolute Gasteiger partial charge is 0.317 e. The first-order valence-electron chi connectivity index (χ1n) is 9.44. The highest BCUT2D eigenvalue weighted by atomic mass is 19.1. The molecule has 0 atom stereocenters. The zero-order valence-electron chi connectivity index (χ0n) is 16.1. The predicted molar refractivity (Wildman–Crippen MR) is 106 cm³/mol. The Hall–Kier alpha value is -3.49. The van der Waals surface area contributed by atoms with E-state index in [0.29, 0.717) is 32.7 Å². The summed E-state index contributed by atoms with van der Waals surface area (Å²) in [7, 11) is 0. The molecule has 3 heterocycles. The molecule has 0 saturated carbocycles. The molecule has 3 aromatic rings. The first kappa shape index (κ1) is 18.9. The zero-order valence-corrected chi connectivity index (χ0v) is 16.1. The minimum absolute atomic E-state index is 0.124. The predicted octanol–water partition coefficient (Wildman–Crippen LogP) is 2.14. The van der Waals surface area contributed by atoms with Crippen molar-refractivity contribution in [2.24, 2.45) is 0 Å². The van der Waals surface area contributed by atoms with E-state index in [-0.39, 0.29) is 11.8 Å². The molecular formula is C20H22FN7O. The number of nitrogens with one attached hydrogen (secondary N) is 1. The van der Waals surface area contributed by atoms with E-state index < -0.39 is 0 Å². The van der Waals surface area contributed by atoms with Gasteiger partial charge < -0.3 is 15.1 Å². The van der Waals surface area contributed by atoms with Gasteiger partial charge in [-0.25, -0.2) is 23.8 Å². The van der Waals surface area contributed by atoms with Crippen LogP contribution >= 0.6 is 0 Å². The van der Waals surface area contributed by atoms with E-state index in [1.165, 1.54) is 18.5 Å². The number of carbonyl (C=O) groups is 1. The number of anilines is 1. The number of amides is 2. The summed E-state index contributed by atoms with van der Waals surface area (Å²) in [6.07, 6.45) is 7.00. The van der Waals surface area contributed by atoms with Crippen molar-refractivity contribution < 1.29 is 9.18 Å². The van der Waals surface area contributed by atoms with Crippen LogP contribution in [0.4, 0.5) is 14.9 Å². The second-order valence-corrected chi connectivity index (χ2v) is 6.95. The monoisotopic (exact) mass is 395 g/mol. The van der Waals surface area contributed by atoms with E-state index in [0.717, 1.165) is 22.6 Å². The molecule has 150 valence electrons. The van der Waals surface area contributed by atoms with E-state index in [1.807, 2.05) is 13.1 Å². The van der Waals surface area contributed by atoms with Gasteiger partial charge in [0.1, 0.15) is 17.8 Å². The minimum Gasteiger partial charge on any atom is -0.364 e. The molecule has 0 aliphatic carbocycles. The molecule has 0 bridgehead atoms. The third kappa shape index (κ3) is 4.34. The average Bonchev–Trinajstić information content (AvgIpc) is 3.19. The minimum atomic E-state index is -0.286. The van der Waals surface area contributed by atoms with Gasteiger partial charge >= 0.3 is 6.03 Å². The molecule has 29 heavy (non-hydrogen) atoms. The van der Waals surface area contributed by atoms with Gasteiger partial charge in [0.25, 0.3) is 0 Å². The SMILES string of the molecule is Cc1cnn(-c2ncncc2N2CCN(C(=O)NCc3ccc(F)cc3)CC2)c1. The van der Waals surface area contributed by atoms with Crippen LogP contribution in [0.15, 0.2) is 49.2 Å².